The van der Waals surface area contributed by atoms with Crippen LogP contribution in [0.1, 0.15) is 0 Å². The summed E-state index contributed by atoms with van der Waals surface area (Å²) in [5.74, 6) is 1.76. The standard InChI is InChI=1S/C14H16N4O2/c1-16-13-7-10(3-4-12(13)15)20-11-5-6-17-14(8-11)18(2)9-19/h3-9,16H,15H2,1-2H3. The topological polar surface area (TPSA) is 80.5 Å². The molecule has 0 unspecified atom stereocenters. The average Bonchev–Trinajstić information content (AvgIpc) is 2.48. The van der Waals surface area contributed by atoms with Gasteiger partial charge in [-0.1, -0.05) is 0 Å². The Hall–Kier alpha value is -2.76. The highest BCUT2D eigenvalue weighted by atomic mass is 16.5. The lowest BCUT2D eigenvalue weighted by Gasteiger charge is -2.12. The highest BCUT2D eigenvalue weighted by molar-refractivity contribution is 5.72. The number of anilines is 3. The number of nitrogens with two attached hydrogens (primary N) is 1. The number of nitrogen functional groups attached to an aromatic ring is 1. The summed E-state index contributed by atoms with van der Waals surface area (Å²) in [5, 5.41) is 2.99. The molecule has 1 aromatic heterocycles. The van der Waals surface area contributed by atoms with Crippen molar-refractivity contribution in [1.82, 2.24) is 4.98 Å². The molecule has 0 aliphatic heterocycles. The number of pyridine rings is 1. The third-order valence-corrected chi connectivity index (χ3v) is 2.77. The van der Waals surface area contributed by atoms with E-state index in [1.807, 2.05) is 0 Å². The molecule has 0 atom stereocenters. The molecule has 0 fully saturated rings. The van der Waals surface area contributed by atoms with Crippen molar-refractivity contribution in [3.8, 4) is 11.5 Å². The maximum Gasteiger partial charge on any atom is 0.215 e. The minimum absolute atomic E-state index is 0.516. The molecule has 0 bridgehead atoms. The fourth-order valence-electron chi connectivity index (χ4n) is 1.66. The zero-order valence-corrected chi connectivity index (χ0v) is 11.3. The number of hydrogen-bond donors (Lipinski definition) is 2. The maximum atomic E-state index is 10.7. The quantitative estimate of drug-likeness (QED) is 0.643. The number of amides is 1. The molecule has 104 valence electrons. The van der Waals surface area contributed by atoms with Crippen molar-refractivity contribution in [1.29, 1.82) is 0 Å². The molecule has 0 aliphatic carbocycles. The van der Waals surface area contributed by atoms with E-state index in [9.17, 15) is 4.79 Å². The van der Waals surface area contributed by atoms with Gasteiger partial charge >= 0.3 is 0 Å². The molecule has 1 aromatic carbocycles. The van der Waals surface area contributed by atoms with Gasteiger partial charge in [-0.3, -0.25) is 4.79 Å². The van der Waals surface area contributed by atoms with Crippen molar-refractivity contribution < 1.29 is 9.53 Å². The van der Waals surface area contributed by atoms with Crippen LogP contribution in [0, 0.1) is 0 Å². The number of ether oxygens (including phenoxy) is 1. The molecule has 0 spiro atoms. The van der Waals surface area contributed by atoms with Gasteiger partial charge in [-0.15, -0.1) is 0 Å². The number of aromatic nitrogens is 1. The summed E-state index contributed by atoms with van der Waals surface area (Å²) in [4.78, 5) is 16.2. The average molecular weight is 272 g/mol. The first-order valence-corrected chi connectivity index (χ1v) is 6.03. The molecule has 2 rings (SSSR count). The van der Waals surface area contributed by atoms with Crippen molar-refractivity contribution in [2.75, 3.05) is 30.0 Å². The van der Waals surface area contributed by atoms with Gasteiger partial charge in [0, 0.05) is 32.4 Å². The van der Waals surface area contributed by atoms with Crippen molar-refractivity contribution in [3.63, 3.8) is 0 Å². The Balaban J connectivity index is 2.23. The van der Waals surface area contributed by atoms with Gasteiger partial charge in [-0.05, 0) is 18.2 Å². The van der Waals surface area contributed by atoms with Crippen molar-refractivity contribution >= 4 is 23.6 Å². The Bertz CT molecular complexity index is 616. The van der Waals surface area contributed by atoms with Crippen LogP contribution >= 0.6 is 0 Å². The van der Waals surface area contributed by atoms with Crippen LogP contribution in [0.4, 0.5) is 17.2 Å². The Morgan fingerprint density at radius 3 is 2.75 bits per heavy atom. The first-order valence-electron chi connectivity index (χ1n) is 6.03. The third kappa shape index (κ3) is 2.97. The Morgan fingerprint density at radius 1 is 1.30 bits per heavy atom. The molecule has 1 amide bonds. The molecule has 2 aromatic rings. The van der Waals surface area contributed by atoms with Gasteiger partial charge in [-0.25, -0.2) is 4.98 Å². The Kier molecular flexibility index (Phi) is 4.05. The maximum absolute atomic E-state index is 10.7. The van der Waals surface area contributed by atoms with Crippen molar-refractivity contribution in [3.05, 3.63) is 36.5 Å². The minimum atomic E-state index is 0.516. The molecule has 6 nitrogen and oxygen atoms in total. The number of carbonyl (C=O) groups excluding carboxylic acids is 1. The summed E-state index contributed by atoms with van der Waals surface area (Å²) in [6.07, 6.45) is 2.27. The normalized spacial score (nSPS) is 9.90. The SMILES string of the molecule is CNc1cc(Oc2ccnc(N(C)C=O)c2)ccc1N. The predicted octanol–water partition coefficient (Wildman–Crippen LogP) is 2.09. The van der Waals surface area contributed by atoms with E-state index in [2.05, 4.69) is 10.3 Å². The van der Waals surface area contributed by atoms with Gasteiger partial charge in [0.25, 0.3) is 0 Å². The van der Waals surface area contributed by atoms with E-state index >= 15 is 0 Å². The van der Waals surface area contributed by atoms with Gasteiger partial charge in [0.05, 0.1) is 11.4 Å². The van der Waals surface area contributed by atoms with E-state index in [1.165, 1.54) is 4.90 Å². The Morgan fingerprint density at radius 2 is 2.05 bits per heavy atom. The summed E-state index contributed by atoms with van der Waals surface area (Å²) in [7, 11) is 3.42. The molecule has 20 heavy (non-hydrogen) atoms. The van der Waals surface area contributed by atoms with Crippen LogP contribution < -0.4 is 20.7 Å². The van der Waals surface area contributed by atoms with Gasteiger partial charge in [0.1, 0.15) is 17.3 Å². The van der Waals surface area contributed by atoms with E-state index in [-0.39, 0.29) is 0 Å². The predicted molar refractivity (Wildman–Crippen MR) is 79.2 cm³/mol. The summed E-state index contributed by atoms with van der Waals surface area (Å²) < 4.78 is 5.73. The smallest absolute Gasteiger partial charge is 0.215 e. The van der Waals surface area contributed by atoms with Gasteiger partial charge < -0.3 is 20.7 Å². The molecular formula is C14H16N4O2. The molecule has 0 aliphatic rings. The minimum Gasteiger partial charge on any atom is -0.457 e. The van der Waals surface area contributed by atoms with E-state index in [1.54, 1.807) is 50.6 Å². The summed E-state index contributed by atoms with van der Waals surface area (Å²) in [5.41, 5.74) is 7.24. The number of benzene rings is 1. The summed E-state index contributed by atoms with van der Waals surface area (Å²) in [6, 6.07) is 8.75. The van der Waals surface area contributed by atoms with Crippen LogP contribution in [0.25, 0.3) is 0 Å². The zero-order chi connectivity index (χ0) is 14.5. The van der Waals surface area contributed by atoms with Crippen LogP contribution in [0.5, 0.6) is 11.5 Å². The van der Waals surface area contributed by atoms with E-state index in [0.29, 0.717) is 29.4 Å². The lowest BCUT2D eigenvalue weighted by atomic mass is 10.2. The van der Waals surface area contributed by atoms with Crippen molar-refractivity contribution in [2.45, 2.75) is 0 Å². The van der Waals surface area contributed by atoms with Gasteiger partial charge in [-0.2, -0.15) is 0 Å². The van der Waals surface area contributed by atoms with Crippen LogP contribution in [-0.2, 0) is 4.79 Å². The number of nitrogens with zero attached hydrogens (tertiary/aromatic N) is 2. The molecule has 0 saturated carbocycles. The number of rotatable bonds is 5. The summed E-state index contributed by atoms with van der Waals surface area (Å²) in [6.45, 7) is 0. The van der Waals surface area contributed by atoms with E-state index < -0.39 is 0 Å². The number of hydrogen-bond acceptors (Lipinski definition) is 5. The molecule has 6 heteroatoms. The highest BCUT2D eigenvalue weighted by Gasteiger charge is 2.05. The largest absolute Gasteiger partial charge is 0.457 e. The zero-order valence-electron chi connectivity index (χ0n) is 11.3. The monoisotopic (exact) mass is 272 g/mol. The molecule has 3 N–H and O–H groups in total. The van der Waals surface area contributed by atoms with Crippen LogP contribution in [-0.4, -0.2) is 25.5 Å². The van der Waals surface area contributed by atoms with Crippen LogP contribution in [0.3, 0.4) is 0 Å². The first kappa shape index (κ1) is 13.7. The van der Waals surface area contributed by atoms with Crippen molar-refractivity contribution in [2.24, 2.45) is 0 Å². The van der Waals surface area contributed by atoms with Gasteiger partial charge in [0.15, 0.2) is 0 Å². The lowest BCUT2D eigenvalue weighted by Crippen LogP contribution is -2.14. The fraction of sp³-hybridized carbons (Fsp3) is 0.143. The fourth-order valence-corrected chi connectivity index (χ4v) is 1.66. The number of carbonyl (C=O) groups is 1. The highest BCUT2D eigenvalue weighted by Crippen LogP contribution is 2.28. The van der Waals surface area contributed by atoms with Crippen LogP contribution in [0.15, 0.2) is 36.5 Å². The third-order valence-electron chi connectivity index (χ3n) is 2.77. The summed E-state index contributed by atoms with van der Waals surface area (Å²) >= 11 is 0. The molecule has 1 heterocycles. The molecule has 0 saturated heterocycles. The Labute approximate surface area is 117 Å². The van der Waals surface area contributed by atoms with Gasteiger partial charge in [0.2, 0.25) is 6.41 Å². The second-order valence-electron chi connectivity index (χ2n) is 4.17. The molecular weight excluding hydrogens is 256 g/mol. The first-order chi connectivity index (χ1) is 9.63. The van der Waals surface area contributed by atoms with Crippen LogP contribution in [0.2, 0.25) is 0 Å². The van der Waals surface area contributed by atoms with E-state index in [0.717, 1.165) is 5.69 Å². The molecule has 0 radical (unpaired) electrons. The van der Waals surface area contributed by atoms with E-state index in [4.69, 9.17) is 10.5 Å². The second kappa shape index (κ2) is 5.92. The lowest BCUT2D eigenvalue weighted by molar-refractivity contribution is -0.107. The number of nitrogens with one attached hydrogen (secondary N) is 1. The second-order valence-corrected chi connectivity index (χ2v) is 4.17.